The van der Waals surface area contributed by atoms with Gasteiger partial charge in [0.15, 0.2) is 0 Å². The van der Waals surface area contributed by atoms with Crippen molar-refractivity contribution < 1.29 is 96.5 Å². The number of hydrogen-bond acceptors (Lipinski definition) is 27. The molecule has 133 heavy (non-hydrogen) atoms. The van der Waals surface area contributed by atoms with Crippen LogP contribution in [-0.2, 0) is 73.7 Å². The highest BCUT2D eigenvalue weighted by molar-refractivity contribution is 7.99. The van der Waals surface area contributed by atoms with Gasteiger partial charge in [0.25, 0.3) is 5.91 Å². The number of carbonyl (C=O) groups excluding carboxylic acids is 17. The molecule has 0 radical (unpaired) electrons. The lowest BCUT2D eigenvalue weighted by molar-refractivity contribution is -0.136. The molecule has 12 atom stereocenters. The fourth-order valence-electron chi connectivity index (χ4n) is 14.1. The Hall–Kier alpha value is -13.3. The molecule has 1 aliphatic heterocycles. The minimum atomic E-state index is -1.84. The number of alkyl carbamates (subject to hydrolysis) is 1. The molecule has 0 spiro atoms. The average molecular weight is 1870 g/mol. The van der Waals surface area contributed by atoms with Crippen molar-refractivity contribution in [2.24, 2.45) is 40.5 Å². The Morgan fingerprint density at radius 2 is 1.25 bits per heavy atom. The number of ether oxygens (including phenoxy) is 1. The number of carbonyl (C=O) groups is 17. The van der Waals surface area contributed by atoms with Crippen molar-refractivity contribution in [2.45, 2.75) is 220 Å². The lowest BCUT2D eigenvalue weighted by Gasteiger charge is -2.42. The molecular weight excluding hydrogens is 1750 g/mol. The molecule has 1 saturated carbocycles. The van der Waals surface area contributed by atoms with Crippen LogP contribution in [0.1, 0.15) is 152 Å². The van der Waals surface area contributed by atoms with Crippen LogP contribution >= 0.6 is 11.8 Å². The van der Waals surface area contributed by atoms with Crippen LogP contribution in [0.4, 0.5) is 20.1 Å². The molecule has 46 heteroatoms. The van der Waals surface area contributed by atoms with E-state index >= 15 is 0 Å². The first-order chi connectivity index (χ1) is 63.4. The Balaban J connectivity index is 0.951. The molecule has 7 unspecified atom stereocenters. The maximum Gasteiger partial charge on any atom is 0.407 e. The quantitative estimate of drug-likeness (QED) is 0.0174. The summed E-state index contributed by atoms with van der Waals surface area (Å²) < 4.78 is 6.86. The van der Waals surface area contributed by atoms with Crippen LogP contribution in [-0.4, -0.2) is 263 Å². The summed E-state index contributed by atoms with van der Waals surface area (Å²) >= 11 is 1.35. The third kappa shape index (κ3) is 33.8. The van der Waals surface area contributed by atoms with Crippen LogP contribution < -0.4 is 119 Å². The minimum Gasteiger partial charge on any atom is -0.445 e. The number of nitrogens with one attached hydrogen (secondary N) is 17. The van der Waals surface area contributed by atoms with Crippen molar-refractivity contribution in [1.29, 1.82) is 0 Å². The SMILES string of the molecule is CNC(=O)c1ccccc1Sc1ccc2c(/C=C/c3ccccn3)nn(C(=O)NC3(CNC(=O)OCc4ccc(NC(=O)C(CCCNC(N)=O)NC(=O)[C@H](NC(=O)CCC(=O)NC(C(=O)NC(CCN)C(=O)NC5CCNC(=O)C([C@H](C)O)NC(=O)C(CCN)NC(=O)[C@H](CCN)NC(=O)[C@H](CC(C)C)NC(=O)CNC(=O)[C@H](CCN)NC5=O)C(C)O)C(C)C)cc4)CCC3)c2c1. The van der Waals surface area contributed by atoms with Gasteiger partial charge in [0, 0.05) is 66.6 Å². The van der Waals surface area contributed by atoms with Crippen molar-refractivity contribution in [3.05, 3.63) is 114 Å². The zero-order valence-corrected chi connectivity index (χ0v) is 76.2. The zero-order chi connectivity index (χ0) is 97.6. The van der Waals surface area contributed by atoms with Crippen LogP contribution in [0.5, 0.6) is 0 Å². The number of aliphatic hydroxyl groups excluding tert-OH is 2. The van der Waals surface area contributed by atoms with Crippen LogP contribution in [0.25, 0.3) is 23.1 Å². The number of hydrogen-bond donors (Lipinski definition) is 24. The Morgan fingerprint density at radius 3 is 1.83 bits per heavy atom. The van der Waals surface area contributed by atoms with Crippen molar-refractivity contribution in [1.82, 2.24) is 99.8 Å². The molecule has 1 saturated heterocycles. The van der Waals surface area contributed by atoms with Crippen molar-refractivity contribution in [2.75, 3.05) is 64.7 Å². The number of rotatable bonds is 40. The fourth-order valence-corrected chi connectivity index (χ4v) is 15.1. The van der Waals surface area contributed by atoms with Crippen molar-refractivity contribution >= 4 is 141 Å². The molecule has 724 valence electrons. The van der Waals surface area contributed by atoms with E-state index in [1.807, 2.05) is 42.5 Å². The Morgan fingerprint density at radius 1 is 0.639 bits per heavy atom. The topological polar surface area (TPSA) is 705 Å². The molecule has 7 rings (SSSR count). The number of pyridine rings is 1. The van der Waals surface area contributed by atoms with Gasteiger partial charge in [0.1, 0.15) is 67.0 Å². The number of nitrogens with two attached hydrogens (primary N) is 5. The number of nitrogens with zero attached hydrogens (tertiary/aromatic N) is 3. The highest BCUT2D eigenvalue weighted by Gasteiger charge is 2.42. The molecule has 3 heterocycles. The van der Waals surface area contributed by atoms with Gasteiger partial charge in [-0.2, -0.15) is 9.78 Å². The maximum absolute atomic E-state index is 14.4. The van der Waals surface area contributed by atoms with E-state index in [1.165, 1.54) is 28.6 Å². The smallest absolute Gasteiger partial charge is 0.407 e. The summed E-state index contributed by atoms with van der Waals surface area (Å²) in [6, 6.07) is 7.78. The number of aliphatic hydroxyl groups is 2. The summed E-state index contributed by atoms with van der Waals surface area (Å²) in [5, 5.41) is 70.5. The summed E-state index contributed by atoms with van der Waals surface area (Å²) in [6.07, 6.45) is 0.241. The molecule has 5 aromatic rings. The molecule has 45 nitrogen and oxygen atoms in total. The Labute approximate surface area is 772 Å². The number of fused-ring (bicyclic) bond motifs is 1. The van der Waals surface area contributed by atoms with E-state index in [-0.39, 0.29) is 108 Å². The van der Waals surface area contributed by atoms with Gasteiger partial charge < -0.3 is 134 Å². The molecule has 3 aromatic carbocycles. The summed E-state index contributed by atoms with van der Waals surface area (Å²) in [5.41, 5.74) is 30.7. The molecule has 0 bridgehead atoms. The average Bonchev–Trinajstić information content (AvgIpc) is 1.66. The Kier molecular flexibility index (Phi) is 42.8. The van der Waals surface area contributed by atoms with E-state index in [2.05, 4.69) is 95.4 Å². The number of benzene rings is 3. The van der Waals surface area contributed by atoms with Gasteiger partial charge >= 0.3 is 18.2 Å². The lowest BCUT2D eigenvalue weighted by Crippen LogP contribution is -2.61. The third-order valence-corrected chi connectivity index (χ3v) is 22.6. The first kappa shape index (κ1) is 107. The van der Waals surface area contributed by atoms with E-state index in [0.717, 1.165) is 25.2 Å². The van der Waals surface area contributed by atoms with E-state index in [9.17, 15) is 91.7 Å². The number of primary amides is 1. The second kappa shape index (κ2) is 53.3. The van der Waals surface area contributed by atoms with Gasteiger partial charge in [-0.15, -0.1) is 0 Å². The second-order valence-electron chi connectivity index (χ2n) is 32.9. The molecule has 2 aromatic heterocycles. The molecule has 18 amide bonds. The number of anilines is 1. The van der Waals surface area contributed by atoms with E-state index in [1.54, 1.807) is 83.4 Å². The number of aromatic nitrogens is 3. The summed E-state index contributed by atoms with van der Waals surface area (Å²) in [6.45, 7) is 6.64. The largest absolute Gasteiger partial charge is 0.445 e. The molecule has 2 aliphatic rings. The highest BCUT2D eigenvalue weighted by Crippen LogP contribution is 2.35. The second-order valence-corrected chi connectivity index (χ2v) is 34.0. The summed E-state index contributed by atoms with van der Waals surface area (Å²) in [7, 11) is 1.55. The van der Waals surface area contributed by atoms with Crippen LogP contribution in [0.2, 0.25) is 0 Å². The predicted octanol–water partition coefficient (Wildman–Crippen LogP) is -2.97. The lowest BCUT2D eigenvalue weighted by atomic mass is 9.76. The van der Waals surface area contributed by atoms with Crippen molar-refractivity contribution in [3.8, 4) is 0 Å². The van der Waals surface area contributed by atoms with Crippen LogP contribution in [0.3, 0.4) is 0 Å². The standard InChI is InChI=1S/C87H125N25O20S/c1-47(2)42-64-80(125)103-60(29-36-89)76(121)102-62(31-38-91)79(124)109-71(49(5)113)81(126)95-41-32-63(78(123)101-59(28-35-88)74(119)97-44-69(117)100-64)104-77(122)61(30-37-90)106-83(128)72(50(6)114)108-68(116)27-26-67(115)107-70(48(3)4)82(127)105-58(16-12-40-96-84(92)129)75(120)99-53-20-18-51(19-21-53)45-132-86(131)98-46-87(33-13-34-87)110-85(130)112-65-43-54(133-66-17-9-8-15-56(66)73(118)93-7)23-24-55(65)57(111-112)25-22-52-14-10-11-39-94-52/h8-11,14-15,17-25,39,43,47-50,58-64,70-72,113-114H,12-13,16,26-38,40-42,44-46,88-91H2,1-7H3,(H,93,118)(H,95,126)(H,97,119)(H,98,131)(H,99,120)(H,100,117)(H,101,123)(H,102,121)(H,103,125)(H,104,122)(H,105,127)(H,106,128)(H,107,115)(H,108,116)(H,109,124)(H,110,130)(H3,92,96,129)/b25-22+/t49-,50?,58?,59-,60-,61?,62?,63?,64-,70+,71?,72?/m0/s1. The van der Waals surface area contributed by atoms with Gasteiger partial charge in [-0.25, -0.2) is 14.4 Å². The van der Waals surface area contributed by atoms with E-state index in [0.29, 0.717) is 51.2 Å². The van der Waals surface area contributed by atoms with E-state index in [4.69, 9.17) is 38.5 Å². The predicted molar refractivity (Wildman–Crippen MR) is 489 cm³/mol. The van der Waals surface area contributed by atoms with Crippen LogP contribution in [0.15, 0.2) is 101 Å². The maximum atomic E-state index is 14.4. The first-order valence-electron chi connectivity index (χ1n) is 43.9. The molecule has 1 aliphatic carbocycles. The normalized spacial score (nSPS) is 19.0. The minimum absolute atomic E-state index is 0.000825. The van der Waals surface area contributed by atoms with Gasteiger partial charge in [0.2, 0.25) is 76.8 Å². The molecular formula is C87H125N25O20S. The number of amides is 18. The zero-order valence-electron chi connectivity index (χ0n) is 75.3. The summed E-state index contributed by atoms with van der Waals surface area (Å²) in [4.78, 5) is 239. The van der Waals surface area contributed by atoms with Gasteiger partial charge in [-0.05, 0) is 195 Å². The highest BCUT2D eigenvalue weighted by atomic mass is 32.2. The summed E-state index contributed by atoms with van der Waals surface area (Å²) in [5.74, 6) is -13.5. The van der Waals surface area contributed by atoms with Gasteiger partial charge in [0.05, 0.1) is 46.8 Å². The fraction of sp³-hybridized carbons (Fsp3) is 0.506. The van der Waals surface area contributed by atoms with Gasteiger partial charge in [-0.3, -0.25) is 72.1 Å². The van der Waals surface area contributed by atoms with Crippen molar-refractivity contribution in [3.63, 3.8) is 0 Å². The monoisotopic (exact) mass is 1870 g/mol. The molecule has 2 fully saturated rings. The van der Waals surface area contributed by atoms with Gasteiger partial charge in [-0.1, -0.05) is 69.8 Å². The molecule has 29 N–H and O–H groups in total. The Bertz CT molecular complexity index is 4920. The number of urea groups is 1. The first-order valence-corrected chi connectivity index (χ1v) is 44.7. The van der Waals surface area contributed by atoms with Crippen LogP contribution in [0, 0.1) is 11.8 Å². The van der Waals surface area contributed by atoms with E-state index < -0.39 is 211 Å². The third-order valence-electron chi connectivity index (χ3n) is 21.5.